The van der Waals surface area contributed by atoms with Crippen LogP contribution < -0.4 is 0 Å². The Morgan fingerprint density at radius 2 is 1.52 bits per heavy atom. The Hall–Kier alpha value is -2.09. The van der Waals surface area contributed by atoms with E-state index in [0.717, 1.165) is 11.1 Å². The number of carbonyl (C=O) groups excluding carboxylic acids is 3. The molecule has 0 aromatic carbocycles. The van der Waals surface area contributed by atoms with Gasteiger partial charge in [0.05, 0.1) is 22.7 Å². The highest BCUT2D eigenvalue weighted by atomic mass is 16.5. The first kappa shape index (κ1) is 38.7. The number of Topliss-reactive ketones (excluding diaryl/α,β-unsaturated/α-hetero) is 3. The van der Waals surface area contributed by atoms with Crippen LogP contribution in [0.3, 0.4) is 0 Å². The standard InChI is InChI=1S/C41H64O7/c1-24(2)16-15-19-39(14)26(18-17-25(3)4)21-40-22-30(37(10,11)46)47-32(40)27(20-29-36(8,9)28(23-42)38(12,13)48-29)31(43)41(39,34(40)45)33(44)35(5,6)7/h16-17,26,28-30,42,46H,15,18-23H2,1-14H3/t26-,28+,29+,30-,39+,40-,41-/m0/s1. The smallest absolute Gasteiger partial charge is 0.183 e. The molecule has 0 aromatic heterocycles. The lowest BCUT2D eigenvalue weighted by atomic mass is 9.37. The number of carbonyl (C=O) groups is 3. The Balaban J connectivity index is 2.10. The Morgan fingerprint density at radius 3 is 2.00 bits per heavy atom. The van der Waals surface area contributed by atoms with E-state index in [2.05, 4.69) is 26.0 Å². The molecule has 1 spiro atoms. The summed E-state index contributed by atoms with van der Waals surface area (Å²) in [7, 11) is 0. The second-order valence-corrected chi connectivity index (χ2v) is 19.0. The summed E-state index contributed by atoms with van der Waals surface area (Å²) in [5.74, 6) is -1.19. The zero-order chi connectivity index (χ0) is 36.6. The van der Waals surface area contributed by atoms with Crippen LogP contribution in [0.5, 0.6) is 0 Å². The third kappa shape index (κ3) is 5.82. The molecular weight excluding hydrogens is 604 g/mol. The largest absolute Gasteiger partial charge is 0.490 e. The number of ketones is 3. The van der Waals surface area contributed by atoms with E-state index >= 15 is 14.4 Å². The molecule has 2 N–H and O–H groups in total. The van der Waals surface area contributed by atoms with E-state index in [9.17, 15) is 10.2 Å². The van der Waals surface area contributed by atoms with Crippen LogP contribution in [-0.4, -0.2) is 57.6 Å². The Labute approximate surface area is 290 Å². The molecule has 4 aliphatic rings. The molecular formula is C41H64O7. The second kappa shape index (κ2) is 12.3. The van der Waals surface area contributed by atoms with Crippen molar-refractivity contribution in [1.82, 2.24) is 0 Å². The van der Waals surface area contributed by atoms with Gasteiger partial charge in [-0.2, -0.15) is 0 Å². The molecule has 2 heterocycles. The maximum Gasteiger partial charge on any atom is 0.183 e. The van der Waals surface area contributed by atoms with Crippen molar-refractivity contribution in [1.29, 1.82) is 0 Å². The highest BCUT2D eigenvalue weighted by molar-refractivity contribution is 6.34. The van der Waals surface area contributed by atoms with Crippen molar-refractivity contribution >= 4 is 17.3 Å². The number of ether oxygens (including phenoxy) is 2. The van der Waals surface area contributed by atoms with Crippen molar-refractivity contribution in [2.75, 3.05) is 6.61 Å². The summed E-state index contributed by atoms with van der Waals surface area (Å²) in [5.41, 5.74) is -5.00. The lowest BCUT2D eigenvalue weighted by Crippen LogP contribution is -2.71. The summed E-state index contributed by atoms with van der Waals surface area (Å²) in [6, 6.07) is 0. The molecule has 0 aromatic rings. The third-order valence-electron chi connectivity index (χ3n) is 12.7. The van der Waals surface area contributed by atoms with Crippen LogP contribution in [-0.2, 0) is 23.9 Å². The second-order valence-electron chi connectivity index (χ2n) is 19.0. The van der Waals surface area contributed by atoms with Crippen LogP contribution in [0.15, 0.2) is 34.6 Å². The highest BCUT2D eigenvalue weighted by Crippen LogP contribution is 2.71. The number of rotatable bonds is 10. The van der Waals surface area contributed by atoms with Crippen molar-refractivity contribution in [3.8, 4) is 0 Å². The van der Waals surface area contributed by atoms with E-state index in [1.807, 2.05) is 69.2 Å². The van der Waals surface area contributed by atoms with Gasteiger partial charge in [0.1, 0.15) is 11.9 Å². The van der Waals surface area contributed by atoms with Gasteiger partial charge in [-0.1, -0.05) is 64.8 Å². The van der Waals surface area contributed by atoms with Gasteiger partial charge in [-0.15, -0.1) is 0 Å². The average molecular weight is 669 g/mol. The zero-order valence-electron chi connectivity index (χ0n) is 32.3. The van der Waals surface area contributed by atoms with Crippen molar-refractivity contribution < 1.29 is 34.1 Å². The molecule has 4 rings (SSSR count). The number of aliphatic hydroxyl groups excluding tert-OH is 1. The molecule has 2 bridgehead atoms. The molecule has 0 amide bonds. The summed E-state index contributed by atoms with van der Waals surface area (Å²) in [6.07, 6.45) is 5.63. The van der Waals surface area contributed by atoms with Crippen LogP contribution in [0, 0.1) is 38.9 Å². The normalized spacial score (nSPS) is 35.7. The average Bonchev–Trinajstić information content (AvgIpc) is 3.39. The summed E-state index contributed by atoms with van der Waals surface area (Å²) in [5, 5.41) is 21.8. The Kier molecular flexibility index (Phi) is 9.92. The third-order valence-corrected chi connectivity index (χ3v) is 12.7. The number of hydrogen-bond donors (Lipinski definition) is 2. The van der Waals surface area contributed by atoms with E-state index in [-0.39, 0.29) is 42.9 Å². The molecule has 3 fully saturated rings. The van der Waals surface area contributed by atoms with Gasteiger partial charge in [0.2, 0.25) is 0 Å². The zero-order valence-corrected chi connectivity index (χ0v) is 32.3. The van der Waals surface area contributed by atoms with Crippen molar-refractivity contribution in [3.05, 3.63) is 34.6 Å². The molecule has 270 valence electrons. The molecule has 2 aliphatic carbocycles. The van der Waals surface area contributed by atoms with Crippen molar-refractivity contribution in [3.63, 3.8) is 0 Å². The van der Waals surface area contributed by atoms with E-state index in [0.29, 0.717) is 37.0 Å². The van der Waals surface area contributed by atoms with Crippen LogP contribution in [0.4, 0.5) is 0 Å². The number of aliphatic hydroxyl groups is 2. The fourth-order valence-corrected chi connectivity index (χ4v) is 9.84. The van der Waals surface area contributed by atoms with Gasteiger partial charge >= 0.3 is 0 Å². The van der Waals surface area contributed by atoms with Crippen LogP contribution in [0.1, 0.15) is 135 Å². The lowest BCUT2D eigenvalue weighted by molar-refractivity contribution is -0.181. The molecule has 48 heavy (non-hydrogen) atoms. The van der Waals surface area contributed by atoms with E-state index in [4.69, 9.17) is 9.47 Å². The fraction of sp³-hybridized carbons (Fsp3) is 0.780. The number of allylic oxidation sites excluding steroid dienone is 5. The lowest BCUT2D eigenvalue weighted by Gasteiger charge is -2.61. The van der Waals surface area contributed by atoms with Gasteiger partial charge in [-0.25, -0.2) is 0 Å². The predicted molar refractivity (Wildman–Crippen MR) is 189 cm³/mol. The Morgan fingerprint density at radius 1 is 0.938 bits per heavy atom. The molecule has 0 unspecified atom stereocenters. The van der Waals surface area contributed by atoms with E-state index in [1.54, 1.807) is 13.8 Å². The summed E-state index contributed by atoms with van der Waals surface area (Å²) >= 11 is 0. The van der Waals surface area contributed by atoms with Gasteiger partial charge in [0.25, 0.3) is 0 Å². The van der Waals surface area contributed by atoms with Crippen molar-refractivity contribution in [2.45, 2.75) is 159 Å². The molecule has 1 saturated carbocycles. The van der Waals surface area contributed by atoms with Crippen LogP contribution in [0.2, 0.25) is 0 Å². The summed E-state index contributed by atoms with van der Waals surface area (Å²) < 4.78 is 13.3. The summed E-state index contributed by atoms with van der Waals surface area (Å²) in [6.45, 7) is 27.0. The topological polar surface area (TPSA) is 110 Å². The maximum atomic E-state index is 15.8. The summed E-state index contributed by atoms with van der Waals surface area (Å²) in [4.78, 5) is 46.8. The molecule has 7 heteroatoms. The van der Waals surface area contributed by atoms with Gasteiger partial charge in [0.15, 0.2) is 22.8 Å². The van der Waals surface area contributed by atoms with E-state index < -0.39 is 56.3 Å². The quantitative estimate of drug-likeness (QED) is 0.180. The molecule has 2 aliphatic heterocycles. The van der Waals surface area contributed by atoms with Gasteiger partial charge < -0.3 is 19.7 Å². The highest BCUT2D eigenvalue weighted by Gasteiger charge is 2.79. The van der Waals surface area contributed by atoms with Crippen molar-refractivity contribution in [2.24, 2.45) is 38.9 Å². The maximum absolute atomic E-state index is 15.8. The minimum Gasteiger partial charge on any atom is -0.490 e. The predicted octanol–water partition coefficient (Wildman–Crippen LogP) is 7.87. The molecule has 7 nitrogen and oxygen atoms in total. The number of hydrogen-bond acceptors (Lipinski definition) is 7. The first-order valence-corrected chi connectivity index (χ1v) is 18.1. The molecule has 2 saturated heterocycles. The van der Waals surface area contributed by atoms with Crippen LogP contribution in [0.25, 0.3) is 0 Å². The Bertz CT molecular complexity index is 1420. The van der Waals surface area contributed by atoms with Crippen LogP contribution >= 0.6 is 0 Å². The fourth-order valence-electron chi connectivity index (χ4n) is 9.84. The first-order chi connectivity index (χ1) is 21.7. The minimum absolute atomic E-state index is 0.0724. The SMILES string of the molecule is CC(C)=CCC[C@]1(C)[C@@H](CC=C(C)C)C[C@]23C[C@@H](C(C)(C)O)OC2=C(C[C@H]2OC(C)(C)[C@H](CO)C2(C)C)C(=O)[C@]1(C(=O)C(C)(C)C)C3=O. The minimum atomic E-state index is -1.94. The van der Waals surface area contributed by atoms with E-state index in [1.165, 1.54) is 0 Å². The number of fused-ring (bicyclic) bond motifs is 1. The van der Waals surface area contributed by atoms with Gasteiger partial charge in [-0.05, 0) is 97.8 Å². The monoisotopic (exact) mass is 668 g/mol. The molecule has 0 radical (unpaired) electrons. The van der Waals surface area contributed by atoms with Gasteiger partial charge in [0, 0.05) is 36.4 Å². The molecule has 7 atom stereocenters. The van der Waals surface area contributed by atoms with Gasteiger partial charge in [-0.3, -0.25) is 14.4 Å². The first-order valence-electron chi connectivity index (χ1n) is 18.1.